The lowest BCUT2D eigenvalue weighted by Gasteiger charge is -2.09. The lowest BCUT2D eigenvalue weighted by atomic mass is 10.2. The second kappa shape index (κ2) is 6.37. The van der Waals surface area contributed by atoms with Crippen molar-refractivity contribution in [2.45, 2.75) is 19.5 Å². The molecule has 2 aromatic rings. The van der Waals surface area contributed by atoms with Crippen LogP contribution in [0.25, 0.3) is 0 Å². The zero-order valence-electron chi connectivity index (χ0n) is 11.7. The number of carbonyl (C=O) groups is 2. The normalized spacial score (nSPS) is 11.3. The molecule has 0 aliphatic carbocycles. The fourth-order valence-electron chi connectivity index (χ4n) is 1.83. The van der Waals surface area contributed by atoms with Crippen molar-refractivity contribution in [3.8, 4) is 0 Å². The van der Waals surface area contributed by atoms with Gasteiger partial charge in [-0.3, -0.25) is 4.79 Å². The lowest BCUT2D eigenvalue weighted by molar-refractivity contribution is -0.254. The summed E-state index contributed by atoms with van der Waals surface area (Å²) in [6.45, 7) is 1.47. The van der Waals surface area contributed by atoms with Crippen molar-refractivity contribution in [3.05, 3.63) is 45.4 Å². The van der Waals surface area contributed by atoms with E-state index in [4.69, 9.17) is 0 Å². The summed E-state index contributed by atoms with van der Waals surface area (Å²) in [5, 5.41) is 13.4. The Morgan fingerprint density at radius 3 is 2.61 bits per heavy atom. The predicted molar refractivity (Wildman–Crippen MR) is 75.0 cm³/mol. The number of alkyl halides is 3. The molecule has 0 aliphatic heterocycles. The van der Waals surface area contributed by atoms with Gasteiger partial charge in [0.05, 0.1) is 28.5 Å². The standard InChI is InChI=1S/C14H11F3N2O3S/c1-7-12(13(21)22)23-11(18-7)6-10(20)19-9-4-2-3-8(5-9)14(15,16)17/h2-5H,6H2,1H3,(H,19,20)(H,21,22)/p-1. The van der Waals surface area contributed by atoms with Gasteiger partial charge in [-0.05, 0) is 25.1 Å². The van der Waals surface area contributed by atoms with Crippen LogP contribution in [0, 0.1) is 6.92 Å². The number of hydrogen-bond acceptors (Lipinski definition) is 5. The van der Waals surface area contributed by atoms with E-state index in [1.807, 2.05) is 0 Å². The van der Waals surface area contributed by atoms with Crippen LogP contribution in [0.3, 0.4) is 0 Å². The molecule has 0 unspecified atom stereocenters. The second-order valence-electron chi connectivity index (χ2n) is 4.61. The Bertz CT molecular complexity index is 756. The third-order valence-corrected chi connectivity index (χ3v) is 3.95. The average molecular weight is 343 g/mol. The molecule has 1 N–H and O–H groups in total. The number of carboxylic acid groups (broad SMARTS) is 1. The van der Waals surface area contributed by atoms with Gasteiger partial charge in [0.2, 0.25) is 5.91 Å². The number of nitrogens with zero attached hydrogens (tertiary/aromatic N) is 1. The SMILES string of the molecule is Cc1nc(CC(=O)Nc2cccc(C(F)(F)F)c2)sc1C(=O)[O-]. The highest BCUT2D eigenvalue weighted by atomic mass is 32.1. The van der Waals surface area contributed by atoms with E-state index in [0.717, 1.165) is 23.5 Å². The number of halogens is 3. The number of anilines is 1. The molecule has 0 fully saturated rings. The molecule has 23 heavy (non-hydrogen) atoms. The predicted octanol–water partition coefficient (Wildman–Crippen LogP) is 2.02. The number of aryl methyl sites for hydroxylation is 1. The van der Waals surface area contributed by atoms with Crippen molar-refractivity contribution in [2.24, 2.45) is 0 Å². The van der Waals surface area contributed by atoms with Crippen molar-refractivity contribution in [1.29, 1.82) is 0 Å². The Kier molecular flexibility index (Phi) is 4.69. The van der Waals surface area contributed by atoms with Crippen molar-refractivity contribution < 1.29 is 27.9 Å². The molecule has 1 aromatic heterocycles. The van der Waals surface area contributed by atoms with Crippen LogP contribution < -0.4 is 10.4 Å². The van der Waals surface area contributed by atoms with Crippen molar-refractivity contribution >= 4 is 28.9 Å². The van der Waals surface area contributed by atoms with Crippen molar-refractivity contribution in [3.63, 3.8) is 0 Å². The third-order valence-electron chi connectivity index (χ3n) is 2.81. The molecular formula is C14H10F3N2O3S-. The van der Waals surface area contributed by atoms with E-state index < -0.39 is 23.6 Å². The fraction of sp³-hybridized carbons (Fsp3) is 0.214. The maximum atomic E-state index is 12.6. The van der Waals surface area contributed by atoms with Crippen LogP contribution in [0.2, 0.25) is 0 Å². The van der Waals surface area contributed by atoms with Gasteiger partial charge in [0.25, 0.3) is 0 Å². The zero-order chi connectivity index (χ0) is 17.2. The first-order chi connectivity index (χ1) is 10.7. The number of rotatable bonds is 4. The van der Waals surface area contributed by atoms with E-state index in [1.54, 1.807) is 0 Å². The fourth-order valence-corrected chi connectivity index (χ4v) is 2.73. The Balaban J connectivity index is 2.08. The number of thiazole rings is 1. The highest BCUT2D eigenvalue weighted by Crippen LogP contribution is 2.30. The van der Waals surface area contributed by atoms with Gasteiger partial charge in [0, 0.05) is 5.69 Å². The van der Waals surface area contributed by atoms with Gasteiger partial charge in [-0.25, -0.2) is 4.98 Å². The smallest absolute Gasteiger partial charge is 0.416 e. The molecule has 0 saturated heterocycles. The first-order valence-electron chi connectivity index (χ1n) is 6.31. The number of amides is 1. The molecule has 0 atom stereocenters. The summed E-state index contributed by atoms with van der Waals surface area (Å²) in [5.41, 5.74) is -0.644. The number of aromatic nitrogens is 1. The van der Waals surface area contributed by atoms with Gasteiger partial charge in [0.1, 0.15) is 5.01 Å². The summed E-state index contributed by atoms with van der Waals surface area (Å²) < 4.78 is 37.8. The molecule has 1 amide bonds. The molecule has 0 bridgehead atoms. The minimum Gasteiger partial charge on any atom is -0.544 e. The first-order valence-corrected chi connectivity index (χ1v) is 7.13. The summed E-state index contributed by atoms with van der Waals surface area (Å²) in [7, 11) is 0. The van der Waals surface area contributed by atoms with E-state index in [9.17, 15) is 27.9 Å². The van der Waals surface area contributed by atoms with Crippen molar-refractivity contribution in [2.75, 3.05) is 5.32 Å². The van der Waals surface area contributed by atoms with Gasteiger partial charge in [-0.15, -0.1) is 11.3 Å². The monoisotopic (exact) mass is 343 g/mol. The van der Waals surface area contributed by atoms with E-state index in [1.165, 1.54) is 19.1 Å². The minimum absolute atomic E-state index is 0.00164. The molecular weight excluding hydrogens is 333 g/mol. The lowest BCUT2D eigenvalue weighted by Crippen LogP contribution is -2.21. The quantitative estimate of drug-likeness (QED) is 0.921. The van der Waals surface area contributed by atoms with Crippen molar-refractivity contribution in [1.82, 2.24) is 4.98 Å². The number of hydrogen-bond donors (Lipinski definition) is 1. The van der Waals surface area contributed by atoms with Gasteiger partial charge >= 0.3 is 6.18 Å². The van der Waals surface area contributed by atoms with Crippen LogP contribution in [0.4, 0.5) is 18.9 Å². The molecule has 1 aromatic carbocycles. The maximum absolute atomic E-state index is 12.6. The number of benzene rings is 1. The Morgan fingerprint density at radius 2 is 2.04 bits per heavy atom. The Hall–Kier alpha value is -2.42. The van der Waals surface area contributed by atoms with Crippen LogP contribution in [-0.2, 0) is 17.4 Å². The maximum Gasteiger partial charge on any atom is 0.416 e. The first kappa shape index (κ1) is 16.9. The molecule has 5 nitrogen and oxygen atoms in total. The topological polar surface area (TPSA) is 82.1 Å². The van der Waals surface area contributed by atoms with Gasteiger partial charge in [-0.1, -0.05) is 6.07 Å². The second-order valence-corrected chi connectivity index (χ2v) is 5.70. The summed E-state index contributed by atoms with van der Waals surface area (Å²) in [6, 6.07) is 4.22. The third kappa shape index (κ3) is 4.28. The number of nitrogens with one attached hydrogen (secondary N) is 1. The summed E-state index contributed by atoms with van der Waals surface area (Å²) in [6.07, 6.45) is -4.74. The van der Waals surface area contributed by atoms with Gasteiger partial charge in [0.15, 0.2) is 0 Å². The van der Waals surface area contributed by atoms with E-state index in [0.29, 0.717) is 0 Å². The van der Waals surface area contributed by atoms with Gasteiger partial charge in [-0.2, -0.15) is 13.2 Å². The average Bonchev–Trinajstić information content (AvgIpc) is 2.78. The van der Waals surface area contributed by atoms with Crippen LogP contribution in [-0.4, -0.2) is 16.9 Å². The molecule has 0 radical (unpaired) electrons. The summed E-state index contributed by atoms with van der Waals surface area (Å²) in [5.74, 6) is -1.98. The molecule has 2 rings (SSSR count). The number of carbonyl (C=O) groups excluding carboxylic acids is 2. The zero-order valence-corrected chi connectivity index (χ0v) is 12.5. The number of carboxylic acids is 1. The largest absolute Gasteiger partial charge is 0.544 e. The molecule has 0 aliphatic rings. The van der Waals surface area contributed by atoms with Gasteiger partial charge < -0.3 is 15.2 Å². The van der Waals surface area contributed by atoms with Crippen LogP contribution in [0.15, 0.2) is 24.3 Å². The summed E-state index contributed by atoms with van der Waals surface area (Å²) in [4.78, 5) is 26.5. The van der Waals surface area contributed by atoms with E-state index in [-0.39, 0.29) is 27.7 Å². The molecule has 9 heteroatoms. The minimum atomic E-state index is -4.50. The summed E-state index contributed by atoms with van der Waals surface area (Å²) >= 11 is 0.800. The van der Waals surface area contributed by atoms with Crippen LogP contribution in [0.1, 0.15) is 25.9 Å². The van der Waals surface area contributed by atoms with E-state index in [2.05, 4.69) is 10.3 Å². The number of aromatic carboxylic acids is 1. The molecule has 0 spiro atoms. The Labute approximate surface area is 132 Å². The van der Waals surface area contributed by atoms with Crippen LogP contribution >= 0.6 is 11.3 Å². The molecule has 0 saturated carbocycles. The molecule has 122 valence electrons. The Morgan fingerprint density at radius 1 is 1.35 bits per heavy atom. The molecule has 1 heterocycles. The highest BCUT2D eigenvalue weighted by molar-refractivity contribution is 7.13. The highest BCUT2D eigenvalue weighted by Gasteiger charge is 2.30. The van der Waals surface area contributed by atoms with E-state index >= 15 is 0 Å². The van der Waals surface area contributed by atoms with Crippen LogP contribution in [0.5, 0.6) is 0 Å².